The van der Waals surface area contributed by atoms with Gasteiger partial charge in [-0.1, -0.05) is 18.2 Å². The lowest BCUT2D eigenvalue weighted by molar-refractivity contribution is -0.133. The van der Waals surface area contributed by atoms with Crippen molar-refractivity contribution in [2.24, 2.45) is 0 Å². The number of halogens is 1. The number of hydrogen-bond acceptors (Lipinski definition) is 3. The van der Waals surface area contributed by atoms with Gasteiger partial charge in [-0.15, -0.1) is 0 Å². The van der Waals surface area contributed by atoms with Crippen LogP contribution in [0.15, 0.2) is 48.5 Å². The van der Waals surface area contributed by atoms with Crippen molar-refractivity contribution in [3.63, 3.8) is 0 Å². The molecule has 0 spiro atoms. The number of anilines is 1. The van der Waals surface area contributed by atoms with Crippen molar-refractivity contribution in [3.8, 4) is 5.75 Å². The first-order chi connectivity index (χ1) is 12.0. The first-order valence-corrected chi connectivity index (χ1v) is 7.98. The van der Waals surface area contributed by atoms with Crippen LogP contribution in [0.25, 0.3) is 0 Å². The van der Waals surface area contributed by atoms with Crippen LogP contribution in [-0.4, -0.2) is 36.9 Å². The van der Waals surface area contributed by atoms with Crippen molar-refractivity contribution in [3.05, 3.63) is 59.9 Å². The zero-order valence-corrected chi connectivity index (χ0v) is 14.3. The average Bonchev–Trinajstić information content (AvgIpc) is 2.62. The molecule has 2 amide bonds. The smallest absolute Gasteiger partial charge is 0.243 e. The van der Waals surface area contributed by atoms with Gasteiger partial charge in [-0.25, -0.2) is 4.39 Å². The summed E-state index contributed by atoms with van der Waals surface area (Å²) in [6, 6.07) is 13.0. The normalized spacial score (nSPS) is 10.2. The Hall–Kier alpha value is -2.89. The number of amides is 2. The molecule has 0 bridgehead atoms. The summed E-state index contributed by atoms with van der Waals surface area (Å²) in [5.74, 6) is -0.339. The molecule has 5 nitrogen and oxygen atoms in total. The van der Waals surface area contributed by atoms with Crippen LogP contribution in [0.4, 0.5) is 10.1 Å². The summed E-state index contributed by atoms with van der Waals surface area (Å²) in [6.07, 6.45) is -0.0731. The molecule has 6 heteroatoms. The molecule has 0 atom stereocenters. The van der Waals surface area contributed by atoms with E-state index in [2.05, 4.69) is 5.32 Å². The fraction of sp³-hybridized carbons (Fsp3) is 0.263. The number of carbonyl (C=O) groups excluding carboxylic acids is 2. The summed E-state index contributed by atoms with van der Waals surface area (Å²) in [4.78, 5) is 25.9. The number of benzene rings is 2. The van der Waals surface area contributed by atoms with E-state index in [4.69, 9.17) is 4.74 Å². The van der Waals surface area contributed by atoms with E-state index in [9.17, 15) is 14.0 Å². The first kappa shape index (κ1) is 18.4. The third kappa shape index (κ3) is 5.31. The molecule has 0 heterocycles. The minimum absolute atomic E-state index is 0.0731. The fourth-order valence-electron chi connectivity index (χ4n) is 2.34. The second kappa shape index (κ2) is 8.82. The lowest BCUT2D eigenvalue weighted by atomic mass is 10.1. The van der Waals surface area contributed by atoms with Gasteiger partial charge >= 0.3 is 0 Å². The van der Waals surface area contributed by atoms with Crippen molar-refractivity contribution < 1.29 is 18.7 Å². The molecule has 2 aromatic rings. The molecule has 0 saturated heterocycles. The van der Waals surface area contributed by atoms with E-state index in [1.165, 1.54) is 11.0 Å². The molecule has 0 aliphatic heterocycles. The molecular formula is C19H21FN2O3. The number of methoxy groups -OCH3 is 1. The van der Waals surface area contributed by atoms with Crippen LogP contribution >= 0.6 is 0 Å². The van der Waals surface area contributed by atoms with E-state index in [-0.39, 0.29) is 24.8 Å². The monoisotopic (exact) mass is 344 g/mol. The Morgan fingerprint density at radius 3 is 2.40 bits per heavy atom. The van der Waals surface area contributed by atoms with E-state index < -0.39 is 5.82 Å². The largest absolute Gasteiger partial charge is 0.497 e. The predicted molar refractivity (Wildman–Crippen MR) is 94.0 cm³/mol. The van der Waals surface area contributed by atoms with E-state index in [1.54, 1.807) is 56.5 Å². The van der Waals surface area contributed by atoms with Crippen molar-refractivity contribution in [1.29, 1.82) is 0 Å². The molecule has 0 aromatic heterocycles. The summed E-state index contributed by atoms with van der Waals surface area (Å²) < 4.78 is 18.7. The molecule has 1 N–H and O–H groups in total. The number of likely N-dealkylation sites (N-methyl/N-ethyl adjacent to an activating group) is 1. The molecule has 0 aliphatic rings. The van der Waals surface area contributed by atoms with Crippen LogP contribution in [0.2, 0.25) is 0 Å². The lowest BCUT2D eigenvalue weighted by Gasteiger charge is -2.20. The highest BCUT2D eigenvalue weighted by molar-refractivity contribution is 5.94. The topological polar surface area (TPSA) is 58.6 Å². The van der Waals surface area contributed by atoms with Gasteiger partial charge in [-0.05, 0) is 42.8 Å². The molecule has 132 valence electrons. The van der Waals surface area contributed by atoms with Gasteiger partial charge in [0.2, 0.25) is 11.8 Å². The van der Waals surface area contributed by atoms with Gasteiger partial charge in [0.25, 0.3) is 0 Å². The number of hydrogen-bond donors (Lipinski definition) is 1. The van der Waals surface area contributed by atoms with Gasteiger partial charge < -0.3 is 15.0 Å². The first-order valence-electron chi connectivity index (χ1n) is 7.98. The maximum Gasteiger partial charge on any atom is 0.243 e. The second-order valence-corrected chi connectivity index (χ2v) is 5.45. The van der Waals surface area contributed by atoms with E-state index in [1.807, 2.05) is 0 Å². The Kier molecular flexibility index (Phi) is 6.51. The van der Waals surface area contributed by atoms with Gasteiger partial charge in [0.05, 0.1) is 20.1 Å². The molecule has 0 aliphatic carbocycles. The van der Waals surface area contributed by atoms with Gasteiger partial charge in [0, 0.05) is 12.2 Å². The number of ether oxygens (including phenoxy) is 1. The number of nitrogens with zero attached hydrogens (tertiary/aromatic N) is 1. The minimum Gasteiger partial charge on any atom is -0.497 e. The summed E-state index contributed by atoms with van der Waals surface area (Å²) in [6.45, 7) is 2.05. The van der Waals surface area contributed by atoms with Crippen molar-refractivity contribution in [2.75, 3.05) is 25.5 Å². The molecule has 0 saturated carbocycles. The van der Waals surface area contributed by atoms with Crippen LogP contribution < -0.4 is 10.1 Å². The van der Waals surface area contributed by atoms with Crippen molar-refractivity contribution in [1.82, 2.24) is 4.90 Å². The van der Waals surface area contributed by atoms with E-state index in [0.29, 0.717) is 23.5 Å². The maximum absolute atomic E-state index is 13.7. The average molecular weight is 344 g/mol. The SMILES string of the molecule is CCN(CC(=O)Nc1ccc(OC)cc1)C(=O)Cc1ccccc1F. The third-order valence-corrected chi connectivity index (χ3v) is 3.74. The van der Waals surface area contributed by atoms with Gasteiger partial charge in [-0.3, -0.25) is 9.59 Å². The van der Waals surface area contributed by atoms with Crippen LogP contribution in [0.5, 0.6) is 5.75 Å². The Morgan fingerprint density at radius 1 is 1.12 bits per heavy atom. The van der Waals surface area contributed by atoms with Crippen LogP contribution in [0.3, 0.4) is 0 Å². The lowest BCUT2D eigenvalue weighted by Crippen LogP contribution is -2.38. The van der Waals surface area contributed by atoms with Crippen LogP contribution in [0.1, 0.15) is 12.5 Å². The Balaban J connectivity index is 1.94. The second-order valence-electron chi connectivity index (χ2n) is 5.45. The number of rotatable bonds is 7. The summed E-state index contributed by atoms with van der Waals surface area (Å²) >= 11 is 0. The summed E-state index contributed by atoms with van der Waals surface area (Å²) in [7, 11) is 1.56. The molecule has 2 rings (SSSR count). The van der Waals surface area contributed by atoms with Crippen LogP contribution in [0, 0.1) is 5.82 Å². The van der Waals surface area contributed by atoms with Gasteiger partial charge in [0.1, 0.15) is 11.6 Å². The molecular weight excluding hydrogens is 323 g/mol. The summed E-state index contributed by atoms with van der Waals surface area (Å²) in [5, 5.41) is 2.73. The van der Waals surface area contributed by atoms with Crippen LogP contribution in [-0.2, 0) is 16.0 Å². The standard InChI is InChI=1S/C19H21FN2O3/c1-3-22(19(24)12-14-6-4-5-7-17(14)20)13-18(23)21-15-8-10-16(25-2)11-9-15/h4-11H,3,12-13H2,1-2H3,(H,21,23). The van der Waals surface area contributed by atoms with Crippen molar-refractivity contribution in [2.45, 2.75) is 13.3 Å². The highest BCUT2D eigenvalue weighted by Gasteiger charge is 2.17. The molecule has 0 radical (unpaired) electrons. The zero-order chi connectivity index (χ0) is 18.2. The Morgan fingerprint density at radius 2 is 1.80 bits per heavy atom. The molecule has 0 fully saturated rings. The summed E-state index contributed by atoms with van der Waals surface area (Å²) in [5.41, 5.74) is 0.935. The highest BCUT2D eigenvalue weighted by atomic mass is 19.1. The zero-order valence-electron chi connectivity index (χ0n) is 14.3. The molecule has 2 aromatic carbocycles. The minimum atomic E-state index is -0.422. The fourth-order valence-corrected chi connectivity index (χ4v) is 2.34. The van der Waals surface area contributed by atoms with E-state index in [0.717, 1.165) is 0 Å². The molecule has 0 unspecified atom stereocenters. The maximum atomic E-state index is 13.7. The highest BCUT2D eigenvalue weighted by Crippen LogP contribution is 2.15. The van der Waals surface area contributed by atoms with Gasteiger partial charge in [0.15, 0.2) is 0 Å². The Bertz CT molecular complexity index is 732. The van der Waals surface area contributed by atoms with Gasteiger partial charge in [-0.2, -0.15) is 0 Å². The molecule has 25 heavy (non-hydrogen) atoms. The Labute approximate surface area is 146 Å². The number of nitrogens with one attached hydrogen (secondary N) is 1. The van der Waals surface area contributed by atoms with E-state index >= 15 is 0 Å². The van der Waals surface area contributed by atoms with Crippen molar-refractivity contribution >= 4 is 17.5 Å². The predicted octanol–water partition coefficient (Wildman–Crippen LogP) is 2.86. The third-order valence-electron chi connectivity index (χ3n) is 3.74. The quantitative estimate of drug-likeness (QED) is 0.840. The number of carbonyl (C=O) groups is 2.